The van der Waals surface area contributed by atoms with Crippen molar-refractivity contribution < 1.29 is 13.9 Å². The fourth-order valence-electron chi connectivity index (χ4n) is 2.65. The first kappa shape index (κ1) is 16.8. The molecule has 0 radical (unpaired) electrons. The summed E-state index contributed by atoms with van der Waals surface area (Å²) in [5.41, 5.74) is 0.954. The van der Waals surface area contributed by atoms with Gasteiger partial charge in [-0.15, -0.1) is 0 Å². The average molecular weight is 341 g/mol. The first-order chi connectivity index (χ1) is 12.0. The van der Waals surface area contributed by atoms with Crippen molar-refractivity contribution in [1.29, 1.82) is 0 Å². The molecule has 0 unspecified atom stereocenters. The van der Waals surface area contributed by atoms with Gasteiger partial charge in [0.1, 0.15) is 11.3 Å². The quantitative estimate of drug-likeness (QED) is 0.665. The molecule has 3 aromatic rings. The number of aryl methyl sites for hydroxylation is 1. The molecule has 2 aromatic heterocycles. The zero-order valence-electron chi connectivity index (χ0n) is 14.4. The van der Waals surface area contributed by atoms with Gasteiger partial charge in [-0.25, -0.2) is 4.79 Å². The maximum atomic E-state index is 12.8. The molecule has 0 atom stereocenters. The van der Waals surface area contributed by atoms with E-state index in [0.717, 1.165) is 5.69 Å². The average Bonchev–Trinajstić information content (AvgIpc) is 2.98. The van der Waals surface area contributed by atoms with Crippen molar-refractivity contribution in [3.63, 3.8) is 0 Å². The molecular weight excluding hydrogens is 322 g/mol. The molecule has 0 spiro atoms. The van der Waals surface area contributed by atoms with Crippen LogP contribution in [-0.4, -0.2) is 34.2 Å². The summed E-state index contributed by atoms with van der Waals surface area (Å²) < 4.78 is 12.3. The van der Waals surface area contributed by atoms with Crippen molar-refractivity contribution in [1.82, 2.24) is 14.7 Å². The Bertz CT molecular complexity index is 974. The Hall–Kier alpha value is -3.09. The number of benzene rings is 1. The minimum absolute atomic E-state index is 0.261. The van der Waals surface area contributed by atoms with Gasteiger partial charge in [0.05, 0.1) is 24.4 Å². The van der Waals surface area contributed by atoms with Crippen LogP contribution < -0.4 is 10.4 Å². The molecule has 1 amide bonds. The van der Waals surface area contributed by atoms with E-state index in [1.165, 1.54) is 6.07 Å². The molecule has 0 N–H and O–H groups in total. The Morgan fingerprint density at radius 1 is 1.32 bits per heavy atom. The largest absolute Gasteiger partial charge is 0.494 e. The summed E-state index contributed by atoms with van der Waals surface area (Å²) in [4.78, 5) is 26.3. The maximum absolute atomic E-state index is 12.8. The van der Waals surface area contributed by atoms with Gasteiger partial charge in [-0.2, -0.15) is 5.10 Å². The molecule has 0 saturated heterocycles. The highest BCUT2D eigenvalue weighted by Gasteiger charge is 2.18. The van der Waals surface area contributed by atoms with Crippen LogP contribution in [0, 0.1) is 0 Å². The van der Waals surface area contributed by atoms with Crippen LogP contribution >= 0.6 is 0 Å². The van der Waals surface area contributed by atoms with E-state index in [1.54, 1.807) is 41.0 Å². The van der Waals surface area contributed by atoms with Crippen molar-refractivity contribution in [2.75, 3.05) is 13.7 Å². The predicted molar refractivity (Wildman–Crippen MR) is 92.7 cm³/mol. The molecule has 0 aliphatic carbocycles. The lowest BCUT2D eigenvalue weighted by atomic mass is 10.1. The van der Waals surface area contributed by atoms with Gasteiger partial charge in [-0.1, -0.05) is 0 Å². The second-order valence-electron chi connectivity index (χ2n) is 5.68. The van der Waals surface area contributed by atoms with Crippen molar-refractivity contribution in [3.05, 3.63) is 58.2 Å². The summed E-state index contributed by atoms with van der Waals surface area (Å²) in [7, 11) is 3.50. The van der Waals surface area contributed by atoms with Crippen LogP contribution in [0.4, 0.5) is 0 Å². The minimum Gasteiger partial charge on any atom is -0.494 e. The highest BCUT2D eigenvalue weighted by molar-refractivity contribution is 6.05. The van der Waals surface area contributed by atoms with E-state index in [-0.39, 0.29) is 5.91 Å². The van der Waals surface area contributed by atoms with Crippen molar-refractivity contribution in [3.8, 4) is 5.75 Å². The molecule has 0 bridgehead atoms. The van der Waals surface area contributed by atoms with Crippen LogP contribution in [0.1, 0.15) is 23.0 Å². The van der Waals surface area contributed by atoms with E-state index in [4.69, 9.17) is 9.15 Å². The molecule has 1 aromatic carbocycles. The predicted octanol–water partition coefficient (Wildman–Crippen LogP) is 2.20. The maximum Gasteiger partial charge on any atom is 0.337 e. The van der Waals surface area contributed by atoms with Gasteiger partial charge in [0.15, 0.2) is 0 Å². The molecular formula is C18H19N3O4. The second kappa shape index (κ2) is 6.80. The van der Waals surface area contributed by atoms with Crippen molar-refractivity contribution in [2.45, 2.75) is 13.5 Å². The number of amides is 1. The number of fused-ring (bicyclic) bond motifs is 1. The number of hydrogen-bond donors (Lipinski definition) is 0. The smallest absolute Gasteiger partial charge is 0.337 e. The summed E-state index contributed by atoms with van der Waals surface area (Å²) in [5.74, 6) is 0.328. The Morgan fingerprint density at radius 2 is 2.12 bits per heavy atom. The number of nitrogens with zero attached hydrogens (tertiary/aromatic N) is 3. The Labute approximate surface area is 144 Å². The Kier molecular flexibility index (Phi) is 4.56. The van der Waals surface area contributed by atoms with Gasteiger partial charge >= 0.3 is 5.63 Å². The van der Waals surface area contributed by atoms with Gasteiger partial charge in [0.25, 0.3) is 5.91 Å². The number of carbonyl (C=O) groups excluding carboxylic acids is 1. The third-order valence-corrected chi connectivity index (χ3v) is 3.93. The van der Waals surface area contributed by atoms with Crippen LogP contribution in [0.3, 0.4) is 0 Å². The van der Waals surface area contributed by atoms with E-state index < -0.39 is 5.63 Å². The van der Waals surface area contributed by atoms with E-state index in [1.807, 2.05) is 20.0 Å². The first-order valence-electron chi connectivity index (χ1n) is 7.92. The van der Waals surface area contributed by atoms with Crippen LogP contribution in [0.15, 0.2) is 45.7 Å². The van der Waals surface area contributed by atoms with Gasteiger partial charge < -0.3 is 14.1 Å². The van der Waals surface area contributed by atoms with E-state index in [9.17, 15) is 9.59 Å². The molecule has 0 aliphatic rings. The SMILES string of the molecule is CCOc1ccc2c(C(=O)N(C)Cc3ccnn3C)cc(=O)oc2c1. The molecule has 25 heavy (non-hydrogen) atoms. The van der Waals surface area contributed by atoms with E-state index in [0.29, 0.717) is 35.4 Å². The van der Waals surface area contributed by atoms with Gasteiger partial charge in [-0.3, -0.25) is 9.48 Å². The summed E-state index contributed by atoms with van der Waals surface area (Å²) in [6.07, 6.45) is 1.68. The summed E-state index contributed by atoms with van der Waals surface area (Å²) in [6, 6.07) is 8.18. The number of hydrogen-bond acceptors (Lipinski definition) is 5. The first-order valence-corrected chi connectivity index (χ1v) is 7.92. The standard InChI is InChI=1S/C18H19N3O4/c1-4-24-13-5-6-14-15(10-17(22)25-16(14)9-13)18(23)20(2)11-12-7-8-19-21(12)3/h5-10H,4,11H2,1-3H3. The third-order valence-electron chi connectivity index (χ3n) is 3.93. The zero-order chi connectivity index (χ0) is 18.0. The van der Waals surface area contributed by atoms with E-state index in [2.05, 4.69) is 5.10 Å². The minimum atomic E-state index is -0.571. The van der Waals surface area contributed by atoms with Crippen LogP contribution in [0.2, 0.25) is 0 Å². The summed E-state index contributed by atoms with van der Waals surface area (Å²) >= 11 is 0. The summed E-state index contributed by atoms with van der Waals surface area (Å²) in [6.45, 7) is 2.75. The molecule has 130 valence electrons. The lowest BCUT2D eigenvalue weighted by molar-refractivity contribution is 0.0783. The van der Waals surface area contributed by atoms with Gasteiger partial charge in [-0.05, 0) is 25.1 Å². The van der Waals surface area contributed by atoms with Crippen LogP contribution in [0.25, 0.3) is 11.0 Å². The molecule has 7 nitrogen and oxygen atoms in total. The lowest BCUT2D eigenvalue weighted by Crippen LogP contribution is -2.28. The highest BCUT2D eigenvalue weighted by Crippen LogP contribution is 2.23. The third kappa shape index (κ3) is 3.40. The van der Waals surface area contributed by atoms with Gasteiger partial charge in [0, 0.05) is 37.8 Å². The number of carbonyl (C=O) groups is 1. The Morgan fingerprint density at radius 3 is 2.80 bits per heavy atom. The zero-order valence-corrected chi connectivity index (χ0v) is 14.4. The lowest BCUT2D eigenvalue weighted by Gasteiger charge is -2.18. The number of ether oxygens (including phenoxy) is 1. The van der Waals surface area contributed by atoms with Crippen molar-refractivity contribution in [2.24, 2.45) is 7.05 Å². The number of rotatable bonds is 5. The molecule has 0 saturated carbocycles. The molecule has 3 rings (SSSR count). The Balaban J connectivity index is 1.97. The molecule has 0 fully saturated rings. The van der Waals surface area contributed by atoms with E-state index >= 15 is 0 Å². The second-order valence-corrected chi connectivity index (χ2v) is 5.68. The van der Waals surface area contributed by atoms with Crippen molar-refractivity contribution >= 4 is 16.9 Å². The monoisotopic (exact) mass is 341 g/mol. The molecule has 7 heteroatoms. The molecule has 0 aliphatic heterocycles. The topological polar surface area (TPSA) is 77.6 Å². The number of aromatic nitrogens is 2. The summed E-state index contributed by atoms with van der Waals surface area (Å²) in [5, 5.41) is 4.67. The molecule has 2 heterocycles. The fraction of sp³-hybridized carbons (Fsp3) is 0.278. The highest BCUT2D eigenvalue weighted by atomic mass is 16.5. The normalized spacial score (nSPS) is 10.8. The van der Waals surface area contributed by atoms with Gasteiger partial charge in [0.2, 0.25) is 0 Å². The van der Waals surface area contributed by atoms with Crippen LogP contribution in [-0.2, 0) is 13.6 Å². The van der Waals surface area contributed by atoms with Crippen LogP contribution in [0.5, 0.6) is 5.75 Å². The fourth-order valence-corrected chi connectivity index (χ4v) is 2.65.